The van der Waals surface area contributed by atoms with E-state index in [-0.39, 0.29) is 23.5 Å². The van der Waals surface area contributed by atoms with Gasteiger partial charge in [-0.05, 0) is 25.5 Å². The number of carbonyl (C=O) groups excluding carboxylic acids is 1. The Labute approximate surface area is 143 Å². The molecule has 0 bridgehead atoms. The van der Waals surface area contributed by atoms with Crippen molar-refractivity contribution in [3.05, 3.63) is 42.2 Å². The first-order valence-electron chi connectivity index (χ1n) is 7.94. The maximum absolute atomic E-state index is 12.0. The third kappa shape index (κ3) is 2.68. The molecule has 1 aromatic carbocycles. The molecule has 5 unspecified atom stereocenters. The molecule has 2 fully saturated rings. The van der Waals surface area contributed by atoms with Crippen molar-refractivity contribution in [2.45, 2.75) is 31.3 Å². The van der Waals surface area contributed by atoms with E-state index >= 15 is 0 Å². The lowest BCUT2D eigenvalue weighted by Crippen LogP contribution is -2.45. The Morgan fingerprint density at radius 2 is 2.08 bits per heavy atom. The summed E-state index contributed by atoms with van der Waals surface area (Å²) in [5, 5.41) is 9.32. The molecule has 1 aromatic rings. The number of fused-ring (bicyclic) bond motifs is 3. The van der Waals surface area contributed by atoms with Gasteiger partial charge in [-0.2, -0.15) is 5.48 Å². The first kappa shape index (κ1) is 15.8. The molecule has 8 heteroatoms. The van der Waals surface area contributed by atoms with Gasteiger partial charge in [0.05, 0.1) is 23.9 Å². The van der Waals surface area contributed by atoms with Crippen LogP contribution >= 0.6 is 0 Å². The van der Waals surface area contributed by atoms with Crippen LogP contribution in [-0.2, 0) is 19.0 Å². The van der Waals surface area contributed by atoms with Crippen molar-refractivity contribution in [1.29, 1.82) is 0 Å². The topological polar surface area (TPSA) is 107 Å². The number of carbonyl (C=O) groups is 2. The first-order valence-corrected chi connectivity index (χ1v) is 7.94. The maximum Gasteiger partial charge on any atom is 0.443 e. The number of epoxide rings is 1. The normalized spacial score (nSPS) is 34.7. The Balaban J connectivity index is 1.43. The van der Waals surface area contributed by atoms with Crippen LogP contribution in [0.3, 0.4) is 0 Å². The Hall–Kier alpha value is -2.74. The number of nitrogens with one attached hydrogen (secondary N) is 1. The van der Waals surface area contributed by atoms with Crippen molar-refractivity contribution in [3.8, 4) is 5.75 Å². The van der Waals surface area contributed by atoms with Gasteiger partial charge in [-0.25, -0.2) is 9.59 Å². The predicted molar refractivity (Wildman–Crippen MR) is 82.2 cm³/mol. The number of benzene rings is 1. The first-order chi connectivity index (χ1) is 12.0. The highest BCUT2D eigenvalue weighted by Crippen LogP contribution is 2.60. The number of para-hydroxylation sites is 1. The van der Waals surface area contributed by atoms with Gasteiger partial charge in [0.25, 0.3) is 6.29 Å². The number of rotatable bonds is 4. The van der Waals surface area contributed by atoms with Crippen molar-refractivity contribution >= 4 is 12.1 Å². The van der Waals surface area contributed by atoms with Crippen molar-refractivity contribution in [1.82, 2.24) is 5.48 Å². The van der Waals surface area contributed by atoms with Crippen LogP contribution < -0.4 is 10.3 Å². The van der Waals surface area contributed by atoms with Gasteiger partial charge in [-0.1, -0.05) is 18.2 Å². The van der Waals surface area contributed by atoms with E-state index in [1.54, 1.807) is 24.3 Å². The minimum absolute atomic E-state index is 0.0401. The fraction of sp³-hybridized carbons (Fsp3) is 0.412. The third-order valence-corrected chi connectivity index (χ3v) is 5.03. The zero-order valence-corrected chi connectivity index (χ0v) is 13.4. The summed E-state index contributed by atoms with van der Waals surface area (Å²) in [7, 11) is 0. The van der Waals surface area contributed by atoms with Crippen LogP contribution in [0.5, 0.6) is 5.75 Å². The van der Waals surface area contributed by atoms with Crippen molar-refractivity contribution in [2.24, 2.45) is 11.8 Å². The summed E-state index contributed by atoms with van der Waals surface area (Å²) < 4.78 is 16.3. The highest BCUT2D eigenvalue weighted by molar-refractivity contribution is 5.87. The molecule has 2 heterocycles. The second kappa shape index (κ2) is 5.66. The van der Waals surface area contributed by atoms with Crippen LogP contribution in [0.25, 0.3) is 0 Å². The molecular weight excluding hydrogens is 330 g/mol. The molecule has 2 N–H and O–H groups in total. The average molecular weight is 347 g/mol. The molecule has 1 aliphatic carbocycles. The molecule has 2 aliphatic heterocycles. The lowest BCUT2D eigenvalue weighted by atomic mass is 9.82. The molecule has 1 amide bonds. The van der Waals surface area contributed by atoms with Crippen LogP contribution in [0, 0.1) is 11.8 Å². The minimum atomic E-state index is -1.03. The van der Waals surface area contributed by atoms with Crippen LogP contribution in [-0.4, -0.2) is 35.2 Å². The van der Waals surface area contributed by atoms with Gasteiger partial charge in [0.1, 0.15) is 5.60 Å². The van der Waals surface area contributed by atoms with E-state index in [4.69, 9.17) is 19.0 Å². The van der Waals surface area contributed by atoms with Crippen molar-refractivity contribution < 1.29 is 33.7 Å². The van der Waals surface area contributed by atoms with Gasteiger partial charge in [0.15, 0.2) is 5.75 Å². The van der Waals surface area contributed by atoms with Gasteiger partial charge in [-0.3, -0.25) is 0 Å². The van der Waals surface area contributed by atoms with Crippen LogP contribution in [0.2, 0.25) is 0 Å². The summed E-state index contributed by atoms with van der Waals surface area (Å²) >= 11 is 0. The van der Waals surface area contributed by atoms with Gasteiger partial charge in [-0.15, -0.1) is 0 Å². The lowest BCUT2D eigenvalue weighted by molar-refractivity contribution is -0.150. The number of aliphatic carboxylic acids is 1. The summed E-state index contributed by atoms with van der Waals surface area (Å²) in [5.74, 6) is -1.23. The summed E-state index contributed by atoms with van der Waals surface area (Å²) in [6.07, 6.45) is -0.0720. The van der Waals surface area contributed by atoms with Gasteiger partial charge in [0.2, 0.25) is 0 Å². The van der Waals surface area contributed by atoms with Crippen LogP contribution in [0.1, 0.15) is 13.3 Å². The lowest BCUT2D eigenvalue weighted by Gasteiger charge is -2.35. The second-order valence-electron chi connectivity index (χ2n) is 6.46. The molecule has 0 radical (unpaired) electrons. The zero-order valence-electron chi connectivity index (χ0n) is 13.4. The highest BCUT2D eigenvalue weighted by atomic mass is 16.7. The number of carboxylic acids is 1. The van der Waals surface area contributed by atoms with Gasteiger partial charge >= 0.3 is 12.1 Å². The number of hydrogen-bond donors (Lipinski definition) is 2. The molecule has 0 spiro atoms. The Kier molecular flexibility index (Phi) is 3.57. The molecule has 0 aromatic heterocycles. The molecule has 1 saturated heterocycles. The zero-order chi connectivity index (χ0) is 17.6. The van der Waals surface area contributed by atoms with Crippen LogP contribution in [0.15, 0.2) is 42.2 Å². The Bertz CT molecular complexity index is 734. The van der Waals surface area contributed by atoms with E-state index in [0.717, 1.165) is 6.26 Å². The highest BCUT2D eigenvalue weighted by Gasteiger charge is 2.71. The van der Waals surface area contributed by atoms with E-state index in [9.17, 15) is 14.7 Å². The Morgan fingerprint density at radius 3 is 2.80 bits per heavy atom. The molecule has 132 valence electrons. The second-order valence-corrected chi connectivity index (χ2v) is 6.46. The molecular formula is C17H17NO7. The van der Waals surface area contributed by atoms with E-state index in [1.165, 1.54) is 0 Å². The monoisotopic (exact) mass is 347 g/mol. The SMILES string of the molecule is CC12OC1CC1C(C(=O)O)=COC(OC(=O)NOc3ccccc3)C12. The summed E-state index contributed by atoms with van der Waals surface area (Å²) in [5.41, 5.74) is 1.83. The quantitative estimate of drug-likeness (QED) is 0.632. The predicted octanol–water partition coefficient (Wildman–Crippen LogP) is 1.82. The smallest absolute Gasteiger partial charge is 0.443 e. The van der Waals surface area contributed by atoms with Crippen LogP contribution in [0.4, 0.5) is 4.79 Å². The Morgan fingerprint density at radius 1 is 1.32 bits per heavy atom. The van der Waals surface area contributed by atoms with E-state index < -0.39 is 24.0 Å². The van der Waals surface area contributed by atoms with Crippen molar-refractivity contribution in [2.75, 3.05) is 0 Å². The fourth-order valence-corrected chi connectivity index (χ4v) is 3.75. The standard InChI is InChI=1S/C17H17NO7/c1-17-12(24-17)7-10-11(14(19)20)8-22-15(13(10)17)23-16(21)18-25-9-5-3-2-4-6-9/h2-6,8,10,12-13,15H,7H2,1H3,(H,18,21)(H,19,20). The minimum Gasteiger partial charge on any atom is -0.478 e. The van der Waals surface area contributed by atoms with E-state index in [0.29, 0.717) is 12.2 Å². The fourth-order valence-electron chi connectivity index (χ4n) is 3.75. The summed E-state index contributed by atoms with van der Waals surface area (Å²) in [6, 6.07) is 8.70. The molecule has 4 rings (SSSR count). The molecule has 3 aliphatic rings. The molecule has 25 heavy (non-hydrogen) atoms. The number of ether oxygens (including phenoxy) is 3. The number of hydroxylamine groups is 1. The largest absolute Gasteiger partial charge is 0.478 e. The van der Waals surface area contributed by atoms with Gasteiger partial charge in [0, 0.05) is 5.92 Å². The van der Waals surface area contributed by atoms with Gasteiger partial charge < -0.3 is 24.2 Å². The third-order valence-electron chi connectivity index (χ3n) is 5.03. The maximum atomic E-state index is 12.0. The van der Waals surface area contributed by atoms with Crippen molar-refractivity contribution in [3.63, 3.8) is 0 Å². The number of amides is 1. The average Bonchev–Trinajstić information content (AvgIpc) is 3.15. The number of carboxylic acid groups (broad SMARTS) is 1. The molecule has 1 saturated carbocycles. The number of hydrogen-bond acceptors (Lipinski definition) is 6. The van der Waals surface area contributed by atoms with E-state index in [2.05, 4.69) is 5.48 Å². The summed E-state index contributed by atoms with van der Waals surface area (Å²) in [6.45, 7) is 1.88. The molecule has 8 nitrogen and oxygen atoms in total. The molecule has 5 atom stereocenters. The van der Waals surface area contributed by atoms with E-state index in [1.807, 2.05) is 13.0 Å². The summed E-state index contributed by atoms with van der Waals surface area (Å²) in [4.78, 5) is 28.5.